The molecule has 4 rings (SSSR count). The number of hydrogen-bond donors (Lipinski definition) is 2. The third kappa shape index (κ3) is 3.72. The van der Waals surface area contributed by atoms with E-state index in [0.29, 0.717) is 13.1 Å². The molecule has 3 aromatic carbocycles. The Morgan fingerprint density at radius 1 is 1.07 bits per heavy atom. The zero-order chi connectivity index (χ0) is 20.4. The fourth-order valence-corrected chi connectivity index (χ4v) is 3.57. The van der Waals surface area contributed by atoms with Crippen LogP contribution in [0.1, 0.15) is 0 Å². The number of anilines is 1. The van der Waals surface area contributed by atoms with E-state index in [1.807, 2.05) is 53.1 Å². The second-order valence-corrected chi connectivity index (χ2v) is 6.85. The van der Waals surface area contributed by atoms with Crippen molar-refractivity contribution in [3.8, 4) is 5.75 Å². The van der Waals surface area contributed by atoms with E-state index in [1.54, 1.807) is 19.2 Å². The number of benzene rings is 3. The zero-order valence-corrected chi connectivity index (χ0v) is 15.9. The van der Waals surface area contributed by atoms with Crippen molar-refractivity contribution in [2.45, 2.75) is 12.6 Å². The largest absolute Gasteiger partial charge is 0.497 e. The van der Waals surface area contributed by atoms with Gasteiger partial charge in [-0.3, -0.25) is 10.1 Å². The molecule has 0 aliphatic carbocycles. The minimum absolute atomic E-state index is 0.0575. The van der Waals surface area contributed by atoms with Crippen LogP contribution >= 0.6 is 0 Å². The highest BCUT2D eigenvalue weighted by Gasteiger charge is 2.16. The molecule has 0 aliphatic heterocycles. The molecule has 1 heterocycles. The standard InChI is InChI=1S/C22H21N3O4/c1-29-18-9-6-15(7-10-18)23-13-17(26)14-24-21-5-3-2-4-19(21)20-12-16(25(27)28)8-11-22(20)24/h2-12,17,23,26H,13-14H2,1H3. The first-order chi connectivity index (χ1) is 14.1. The normalized spacial score (nSPS) is 12.2. The van der Waals surface area contributed by atoms with Gasteiger partial charge < -0.3 is 19.7 Å². The van der Waals surface area contributed by atoms with Crippen LogP contribution in [0.2, 0.25) is 0 Å². The number of methoxy groups -OCH3 is 1. The van der Waals surface area contributed by atoms with E-state index in [1.165, 1.54) is 6.07 Å². The summed E-state index contributed by atoms with van der Waals surface area (Å²) >= 11 is 0. The van der Waals surface area contributed by atoms with Crippen molar-refractivity contribution in [1.29, 1.82) is 0 Å². The van der Waals surface area contributed by atoms with Crippen molar-refractivity contribution in [2.75, 3.05) is 19.0 Å². The summed E-state index contributed by atoms with van der Waals surface area (Å²) in [5.41, 5.74) is 2.75. The van der Waals surface area contributed by atoms with Gasteiger partial charge in [-0.2, -0.15) is 0 Å². The molecule has 0 saturated carbocycles. The molecule has 148 valence electrons. The summed E-state index contributed by atoms with van der Waals surface area (Å²) in [7, 11) is 1.62. The monoisotopic (exact) mass is 391 g/mol. The maximum absolute atomic E-state index is 11.2. The number of nitro groups is 1. The van der Waals surface area contributed by atoms with Crippen LogP contribution < -0.4 is 10.1 Å². The van der Waals surface area contributed by atoms with Crippen LogP contribution in [-0.2, 0) is 6.54 Å². The number of aliphatic hydroxyl groups is 1. The van der Waals surface area contributed by atoms with Gasteiger partial charge in [0.05, 0.1) is 24.7 Å². The van der Waals surface area contributed by atoms with Crippen molar-refractivity contribution in [2.24, 2.45) is 0 Å². The number of hydrogen-bond acceptors (Lipinski definition) is 5. The highest BCUT2D eigenvalue weighted by Crippen LogP contribution is 2.31. The van der Waals surface area contributed by atoms with E-state index in [2.05, 4.69) is 5.32 Å². The summed E-state index contributed by atoms with van der Waals surface area (Å²) in [6, 6.07) is 20.1. The zero-order valence-electron chi connectivity index (χ0n) is 15.9. The van der Waals surface area contributed by atoms with E-state index in [0.717, 1.165) is 33.2 Å². The van der Waals surface area contributed by atoms with Gasteiger partial charge in [0.1, 0.15) is 5.75 Å². The number of nitrogens with zero attached hydrogens (tertiary/aromatic N) is 2. The number of non-ortho nitro benzene ring substituents is 1. The van der Waals surface area contributed by atoms with Gasteiger partial charge in [0.2, 0.25) is 0 Å². The molecule has 0 spiro atoms. The molecule has 29 heavy (non-hydrogen) atoms. The summed E-state index contributed by atoms with van der Waals surface area (Å²) in [4.78, 5) is 10.8. The van der Waals surface area contributed by atoms with Gasteiger partial charge in [-0.1, -0.05) is 18.2 Å². The Labute approximate surface area is 167 Å². The lowest BCUT2D eigenvalue weighted by molar-refractivity contribution is -0.384. The Hall–Kier alpha value is -3.58. The predicted molar refractivity (Wildman–Crippen MR) is 114 cm³/mol. The van der Waals surface area contributed by atoms with Crippen LogP contribution in [0.15, 0.2) is 66.7 Å². The Morgan fingerprint density at radius 3 is 2.52 bits per heavy atom. The second kappa shape index (κ2) is 7.81. The SMILES string of the molecule is COc1ccc(NCC(O)Cn2c3ccccc3c3cc([N+](=O)[O-])ccc32)cc1. The lowest BCUT2D eigenvalue weighted by atomic mass is 10.1. The first kappa shape index (κ1) is 18.8. The molecule has 7 nitrogen and oxygen atoms in total. The fourth-order valence-electron chi connectivity index (χ4n) is 3.57. The number of nitro benzene ring substituents is 1. The minimum atomic E-state index is -0.647. The molecule has 0 bridgehead atoms. The third-order valence-electron chi connectivity index (χ3n) is 4.99. The molecule has 1 unspecified atom stereocenters. The molecule has 2 N–H and O–H groups in total. The predicted octanol–water partition coefficient (Wildman–Crippen LogP) is 4.18. The van der Waals surface area contributed by atoms with Crippen LogP contribution in [0.25, 0.3) is 21.8 Å². The lowest BCUT2D eigenvalue weighted by Crippen LogP contribution is -2.24. The quantitative estimate of drug-likeness (QED) is 0.364. The van der Waals surface area contributed by atoms with Crippen LogP contribution in [-0.4, -0.2) is 34.4 Å². The van der Waals surface area contributed by atoms with Gasteiger partial charge in [-0.25, -0.2) is 0 Å². The fraction of sp³-hybridized carbons (Fsp3) is 0.182. The average molecular weight is 391 g/mol. The van der Waals surface area contributed by atoms with Gasteiger partial charge in [0, 0.05) is 46.2 Å². The molecule has 0 amide bonds. The lowest BCUT2D eigenvalue weighted by Gasteiger charge is -2.15. The summed E-state index contributed by atoms with van der Waals surface area (Å²) < 4.78 is 7.16. The minimum Gasteiger partial charge on any atom is -0.497 e. The number of para-hydroxylation sites is 1. The van der Waals surface area contributed by atoms with Crippen molar-refractivity contribution < 1.29 is 14.8 Å². The number of fused-ring (bicyclic) bond motifs is 3. The molecule has 1 atom stereocenters. The number of aliphatic hydroxyl groups excluding tert-OH is 1. The summed E-state index contributed by atoms with van der Waals surface area (Å²) in [5, 5.41) is 26.8. The van der Waals surface area contributed by atoms with Crippen LogP contribution in [0, 0.1) is 10.1 Å². The summed E-state index contributed by atoms with van der Waals surface area (Å²) in [5.74, 6) is 0.774. The molecule has 7 heteroatoms. The Bertz CT molecular complexity index is 1170. The Balaban J connectivity index is 1.59. The second-order valence-electron chi connectivity index (χ2n) is 6.85. The number of aromatic nitrogens is 1. The van der Waals surface area contributed by atoms with E-state index < -0.39 is 6.10 Å². The first-order valence-corrected chi connectivity index (χ1v) is 9.28. The van der Waals surface area contributed by atoms with E-state index in [-0.39, 0.29) is 10.6 Å². The highest BCUT2D eigenvalue weighted by atomic mass is 16.6. The van der Waals surface area contributed by atoms with Gasteiger partial charge in [0.25, 0.3) is 5.69 Å². The number of rotatable bonds is 7. The summed E-state index contributed by atoms with van der Waals surface area (Å²) in [6.45, 7) is 0.734. The van der Waals surface area contributed by atoms with E-state index >= 15 is 0 Å². The molecule has 1 aromatic heterocycles. The van der Waals surface area contributed by atoms with E-state index in [4.69, 9.17) is 4.74 Å². The molecule has 0 radical (unpaired) electrons. The number of nitrogens with one attached hydrogen (secondary N) is 1. The Kier molecular flexibility index (Phi) is 5.05. The van der Waals surface area contributed by atoms with Crippen molar-refractivity contribution in [3.05, 3.63) is 76.8 Å². The van der Waals surface area contributed by atoms with Crippen molar-refractivity contribution in [3.63, 3.8) is 0 Å². The topological polar surface area (TPSA) is 89.6 Å². The average Bonchev–Trinajstić information content (AvgIpc) is 3.06. The van der Waals surface area contributed by atoms with E-state index in [9.17, 15) is 15.2 Å². The van der Waals surface area contributed by atoms with Gasteiger partial charge >= 0.3 is 0 Å². The molecule has 4 aromatic rings. The molecule has 0 saturated heterocycles. The van der Waals surface area contributed by atoms with Crippen molar-refractivity contribution >= 4 is 33.2 Å². The van der Waals surface area contributed by atoms with Gasteiger partial charge in [-0.15, -0.1) is 0 Å². The number of ether oxygens (including phenoxy) is 1. The molecular weight excluding hydrogens is 370 g/mol. The van der Waals surface area contributed by atoms with Crippen molar-refractivity contribution in [1.82, 2.24) is 4.57 Å². The molecular formula is C22H21N3O4. The first-order valence-electron chi connectivity index (χ1n) is 9.28. The highest BCUT2D eigenvalue weighted by molar-refractivity contribution is 6.08. The van der Waals surface area contributed by atoms with Crippen LogP contribution in [0.4, 0.5) is 11.4 Å². The molecule has 0 fully saturated rings. The third-order valence-corrected chi connectivity index (χ3v) is 4.99. The van der Waals surface area contributed by atoms with Crippen LogP contribution in [0.5, 0.6) is 5.75 Å². The van der Waals surface area contributed by atoms with Crippen LogP contribution in [0.3, 0.4) is 0 Å². The molecule has 0 aliphatic rings. The smallest absolute Gasteiger partial charge is 0.270 e. The van der Waals surface area contributed by atoms with Gasteiger partial charge in [0.15, 0.2) is 0 Å². The summed E-state index contributed by atoms with van der Waals surface area (Å²) in [6.07, 6.45) is -0.647. The van der Waals surface area contributed by atoms with Gasteiger partial charge in [-0.05, 0) is 36.4 Å². The maximum atomic E-state index is 11.2. The Morgan fingerprint density at radius 2 is 1.79 bits per heavy atom. The maximum Gasteiger partial charge on any atom is 0.270 e.